The van der Waals surface area contributed by atoms with E-state index in [1.165, 1.54) is 12.1 Å². The van der Waals surface area contributed by atoms with Crippen molar-refractivity contribution >= 4 is 17.7 Å². The van der Waals surface area contributed by atoms with Gasteiger partial charge in [-0.05, 0) is 41.9 Å². The molecule has 0 unspecified atom stereocenters. The Morgan fingerprint density at radius 3 is 2.71 bits per heavy atom. The van der Waals surface area contributed by atoms with Crippen LogP contribution >= 0.6 is 11.8 Å². The molecule has 1 saturated heterocycles. The van der Waals surface area contributed by atoms with Crippen LogP contribution in [0.2, 0.25) is 0 Å². The normalized spacial score (nSPS) is 20.4. The minimum absolute atomic E-state index is 0.0454. The molecule has 1 amide bonds. The molecule has 2 aliphatic heterocycles. The van der Waals surface area contributed by atoms with E-state index in [-0.39, 0.29) is 23.2 Å². The van der Waals surface area contributed by atoms with E-state index in [4.69, 9.17) is 0 Å². The van der Waals surface area contributed by atoms with E-state index in [0.717, 1.165) is 47.6 Å². The molecule has 3 heterocycles. The van der Waals surface area contributed by atoms with E-state index in [0.29, 0.717) is 19.6 Å². The summed E-state index contributed by atoms with van der Waals surface area (Å²) in [5.41, 5.74) is 2.51. The number of hydrogen-bond donors (Lipinski definition) is 0. The average molecular weight is 399 g/mol. The Hall–Kier alpha value is -2.15. The molecule has 28 heavy (non-hydrogen) atoms. The zero-order valence-corrected chi connectivity index (χ0v) is 16.4. The summed E-state index contributed by atoms with van der Waals surface area (Å²) < 4.78 is 14.8. The molecule has 0 atom stereocenters. The van der Waals surface area contributed by atoms with Gasteiger partial charge in [0.05, 0.1) is 17.7 Å². The number of nitrogens with zero attached hydrogens (tertiary/aromatic N) is 3. The molecule has 1 aromatic heterocycles. The smallest absolute Gasteiger partial charge is 0.267 e. The maximum Gasteiger partial charge on any atom is 0.267 e. The second-order valence-corrected chi connectivity index (χ2v) is 9.21. The summed E-state index contributed by atoms with van der Waals surface area (Å²) >= 11 is 1.84. The van der Waals surface area contributed by atoms with E-state index in [9.17, 15) is 14.0 Å². The Morgan fingerprint density at radius 2 is 2.00 bits per heavy atom. The first-order valence-corrected chi connectivity index (χ1v) is 10.9. The predicted octanol–water partition coefficient (Wildman–Crippen LogP) is 2.36. The number of aryl methyl sites for hydroxylation is 1. The van der Waals surface area contributed by atoms with Gasteiger partial charge in [-0.15, -0.1) is 0 Å². The highest BCUT2D eigenvalue weighted by atomic mass is 32.2. The number of likely N-dealkylation sites (tertiary alicyclic amines) is 1. The standard InChI is InChI=1S/C21H22FN3O2S/c22-17-3-1-16(2-4-17)21(6-7-21)20(27)24-10-14(11-24)12-25-19(26)9-15-13-28-8-5-18(15)23-25/h1-4,9,14H,5-8,10-13H2. The van der Waals surface area contributed by atoms with Gasteiger partial charge in [0.2, 0.25) is 5.91 Å². The van der Waals surface area contributed by atoms with Gasteiger partial charge in [0, 0.05) is 37.2 Å². The largest absolute Gasteiger partial charge is 0.341 e. The Morgan fingerprint density at radius 1 is 1.25 bits per heavy atom. The molecule has 1 aromatic carbocycles. The minimum atomic E-state index is -0.461. The van der Waals surface area contributed by atoms with E-state index in [1.807, 2.05) is 16.7 Å². The van der Waals surface area contributed by atoms with Crippen LogP contribution in [0.3, 0.4) is 0 Å². The Balaban J connectivity index is 1.24. The average Bonchev–Trinajstić information content (AvgIpc) is 3.46. The van der Waals surface area contributed by atoms with E-state index >= 15 is 0 Å². The molecule has 2 aromatic rings. The molecule has 0 radical (unpaired) electrons. The molecule has 0 spiro atoms. The van der Waals surface area contributed by atoms with Gasteiger partial charge >= 0.3 is 0 Å². The summed E-state index contributed by atoms with van der Waals surface area (Å²) in [6, 6.07) is 8.03. The van der Waals surface area contributed by atoms with Gasteiger partial charge < -0.3 is 4.90 Å². The van der Waals surface area contributed by atoms with Crippen molar-refractivity contribution in [3.8, 4) is 0 Å². The molecule has 1 aliphatic carbocycles. The second kappa shape index (κ2) is 6.72. The number of halogens is 1. The summed E-state index contributed by atoms with van der Waals surface area (Å²) in [6.07, 6.45) is 2.56. The van der Waals surface area contributed by atoms with Crippen molar-refractivity contribution in [1.82, 2.24) is 14.7 Å². The fourth-order valence-electron chi connectivity index (χ4n) is 4.30. The van der Waals surface area contributed by atoms with Gasteiger partial charge in [-0.1, -0.05) is 12.1 Å². The van der Waals surface area contributed by atoms with Gasteiger partial charge in [0.15, 0.2) is 0 Å². The van der Waals surface area contributed by atoms with E-state index < -0.39 is 5.41 Å². The SMILES string of the molecule is O=C(N1CC(Cn2nc3c(cc2=O)CSCC3)C1)C1(c2ccc(F)cc2)CC1. The van der Waals surface area contributed by atoms with Gasteiger partial charge in [-0.25, -0.2) is 9.07 Å². The van der Waals surface area contributed by atoms with Gasteiger partial charge in [0.1, 0.15) is 5.82 Å². The number of aromatic nitrogens is 2. The van der Waals surface area contributed by atoms with Gasteiger partial charge in [0.25, 0.3) is 5.56 Å². The third-order valence-electron chi connectivity index (χ3n) is 6.14. The topological polar surface area (TPSA) is 55.2 Å². The first-order chi connectivity index (χ1) is 13.5. The Labute approximate surface area is 166 Å². The number of carbonyl (C=O) groups is 1. The van der Waals surface area contributed by atoms with Crippen molar-refractivity contribution in [3.63, 3.8) is 0 Å². The molecule has 1 saturated carbocycles. The Kier molecular flexibility index (Phi) is 4.30. The summed E-state index contributed by atoms with van der Waals surface area (Å²) in [7, 11) is 0. The summed E-state index contributed by atoms with van der Waals surface area (Å²) in [5.74, 6) is 2.04. The van der Waals surface area contributed by atoms with E-state index in [2.05, 4.69) is 5.10 Å². The van der Waals surface area contributed by atoms with Crippen LogP contribution in [0.5, 0.6) is 0 Å². The molecule has 146 valence electrons. The van der Waals surface area contributed by atoms with Crippen molar-refractivity contribution in [3.05, 3.63) is 63.3 Å². The fraction of sp³-hybridized carbons (Fsp3) is 0.476. The lowest BCUT2D eigenvalue weighted by molar-refractivity contribution is -0.140. The van der Waals surface area contributed by atoms with Crippen LogP contribution in [-0.2, 0) is 28.9 Å². The number of amides is 1. The highest BCUT2D eigenvalue weighted by Crippen LogP contribution is 2.50. The van der Waals surface area contributed by atoms with Crippen molar-refractivity contribution in [2.24, 2.45) is 5.92 Å². The van der Waals surface area contributed by atoms with Crippen LogP contribution in [0.15, 0.2) is 35.1 Å². The van der Waals surface area contributed by atoms with E-state index in [1.54, 1.807) is 22.9 Å². The van der Waals surface area contributed by atoms with Crippen LogP contribution in [0.4, 0.5) is 4.39 Å². The second-order valence-electron chi connectivity index (χ2n) is 8.10. The lowest BCUT2D eigenvalue weighted by Gasteiger charge is -2.41. The maximum atomic E-state index is 13.2. The predicted molar refractivity (Wildman–Crippen MR) is 106 cm³/mol. The first kappa shape index (κ1) is 17.9. The fourth-order valence-corrected chi connectivity index (χ4v) is 5.25. The maximum absolute atomic E-state index is 13.2. The van der Waals surface area contributed by atoms with Crippen molar-refractivity contribution in [2.75, 3.05) is 18.8 Å². The molecule has 7 heteroatoms. The van der Waals surface area contributed by atoms with Crippen molar-refractivity contribution < 1.29 is 9.18 Å². The molecule has 5 rings (SSSR count). The molecule has 5 nitrogen and oxygen atoms in total. The molecular weight excluding hydrogens is 377 g/mol. The van der Waals surface area contributed by atoms with Crippen molar-refractivity contribution in [1.29, 1.82) is 0 Å². The third kappa shape index (κ3) is 3.05. The number of fused-ring (bicyclic) bond motifs is 1. The summed E-state index contributed by atoms with van der Waals surface area (Å²) in [6.45, 7) is 1.87. The lowest BCUT2D eigenvalue weighted by atomic mass is 9.90. The van der Waals surface area contributed by atoms with Crippen LogP contribution < -0.4 is 5.56 Å². The summed E-state index contributed by atoms with van der Waals surface area (Å²) in [4.78, 5) is 27.2. The highest BCUT2D eigenvalue weighted by molar-refractivity contribution is 7.98. The van der Waals surface area contributed by atoms with Crippen LogP contribution in [0, 0.1) is 11.7 Å². The van der Waals surface area contributed by atoms with Gasteiger partial charge in [-0.3, -0.25) is 9.59 Å². The van der Waals surface area contributed by atoms with Crippen LogP contribution in [0.1, 0.15) is 29.7 Å². The lowest BCUT2D eigenvalue weighted by Crippen LogP contribution is -2.55. The molecule has 2 fully saturated rings. The summed E-state index contributed by atoms with van der Waals surface area (Å²) in [5, 5.41) is 4.57. The zero-order valence-electron chi connectivity index (χ0n) is 15.6. The molecule has 0 bridgehead atoms. The number of carbonyl (C=O) groups excluding carboxylic acids is 1. The monoisotopic (exact) mass is 399 g/mol. The van der Waals surface area contributed by atoms with Gasteiger partial charge in [-0.2, -0.15) is 16.9 Å². The van der Waals surface area contributed by atoms with Crippen molar-refractivity contribution in [2.45, 2.75) is 37.0 Å². The molecule has 0 N–H and O–H groups in total. The third-order valence-corrected chi connectivity index (χ3v) is 7.14. The molecular formula is C21H22FN3O2S. The van der Waals surface area contributed by atoms with Crippen LogP contribution in [-0.4, -0.2) is 39.4 Å². The molecule has 3 aliphatic rings. The Bertz CT molecular complexity index is 978. The highest BCUT2D eigenvalue weighted by Gasteiger charge is 2.54. The first-order valence-electron chi connectivity index (χ1n) is 9.78. The quantitative estimate of drug-likeness (QED) is 0.792. The number of rotatable bonds is 4. The zero-order chi connectivity index (χ0) is 19.3. The number of benzene rings is 1. The van der Waals surface area contributed by atoms with Crippen LogP contribution in [0.25, 0.3) is 0 Å². The number of thioether (sulfide) groups is 1. The number of hydrogen-bond acceptors (Lipinski definition) is 4. The minimum Gasteiger partial charge on any atom is -0.341 e.